The number of aryl methyl sites for hydroxylation is 2. The second kappa shape index (κ2) is 8.63. The van der Waals surface area contributed by atoms with Crippen LogP contribution in [0.3, 0.4) is 0 Å². The molecular formula is C17H23N4O9P. The predicted octanol–water partition coefficient (Wildman–Crippen LogP) is -1.26. The lowest BCUT2D eigenvalue weighted by Crippen LogP contribution is -2.60. The van der Waals surface area contributed by atoms with Gasteiger partial charge in [0, 0.05) is 0 Å². The Hall–Kier alpha value is -2.38. The first-order valence-corrected chi connectivity index (χ1v) is 10.7. The van der Waals surface area contributed by atoms with Crippen molar-refractivity contribution in [2.24, 2.45) is 4.99 Å². The second-order valence-electron chi connectivity index (χ2n) is 7.32. The normalized spacial score (nSPS) is 21.3. The molecule has 0 aliphatic carbocycles. The Morgan fingerprint density at radius 3 is 2.45 bits per heavy atom. The standard InChI is InChI=1S/C17H23N4O9P/c1-7-3-9-10(4-8(7)2)21(15-13(18-9)16(25)20-17(26)19-15)5-11(22)14(24)12(23)6-30-31(27,28)29/h3-4,11-14,18,22-24H,5-6H2,1-2H3,(H,20,25,26)(H2,27,28,29)/t11-,12+,13+,14-/m0/s1. The molecule has 0 saturated carbocycles. The fourth-order valence-corrected chi connectivity index (χ4v) is 3.62. The van der Waals surface area contributed by atoms with Gasteiger partial charge in [-0.05, 0) is 37.1 Å². The van der Waals surface area contributed by atoms with Crippen molar-refractivity contribution in [2.45, 2.75) is 38.2 Å². The van der Waals surface area contributed by atoms with E-state index in [1.165, 1.54) is 4.90 Å². The molecule has 2 aliphatic rings. The molecule has 0 saturated heterocycles. The summed E-state index contributed by atoms with van der Waals surface area (Å²) in [4.78, 5) is 46.8. The van der Waals surface area contributed by atoms with E-state index in [0.717, 1.165) is 11.1 Å². The Balaban J connectivity index is 1.90. The SMILES string of the molecule is Cc1cc2c(cc1C)N(C[C@H](O)[C@H](O)[C@H](O)COP(=O)(O)O)C1=NC(=O)NC(=O)[C@@H]1N2. The summed E-state index contributed by atoms with van der Waals surface area (Å²) in [5, 5.41) is 35.7. The summed E-state index contributed by atoms with van der Waals surface area (Å²) in [5.74, 6) is -0.647. The lowest BCUT2D eigenvalue weighted by atomic mass is 10.00. The monoisotopic (exact) mass is 458 g/mol. The maximum Gasteiger partial charge on any atom is 0.469 e. The number of hydrogen-bond acceptors (Lipinski definition) is 9. The molecule has 0 unspecified atom stereocenters. The quantitative estimate of drug-likeness (QED) is 0.241. The predicted molar refractivity (Wildman–Crippen MR) is 108 cm³/mol. The van der Waals surface area contributed by atoms with Crippen LogP contribution in [0.25, 0.3) is 0 Å². The molecule has 2 heterocycles. The molecule has 31 heavy (non-hydrogen) atoms. The van der Waals surface area contributed by atoms with Crippen LogP contribution in [0.2, 0.25) is 0 Å². The van der Waals surface area contributed by atoms with E-state index in [1.54, 1.807) is 12.1 Å². The van der Waals surface area contributed by atoms with E-state index < -0.39 is 50.7 Å². The molecule has 7 N–H and O–H groups in total. The smallest absolute Gasteiger partial charge is 0.388 e. The first-order chi connectivity index (χ1) is 14.4. The highest BCUT2D eigenvalue weighted by atomic mass is 31.2. The summed E-state index contributed by atoms with van der Waals surface area (Å²) >= 11 is 0. The molecule has 14 heteroatoms. The van der Waals surface area contributed by atoms with E-state index >= 15 is 0 Å². The largest absolute Gasteiger partial charge is 0.469 e. The molecule has 0 aromatic heterocycles. The number of phosphoric ester groups is 1. The molecule has 0 bridgehead atoms. The molecule has 13 nitrogen and oxygen atoms in total. The van der Waals surface area contributed by atoms with Crippen molar-refractivity contribution in [3.63, 3.8) is 0 Å². The molecule has 0 spiro atoms. The van der Waals surface area contributed by atoms with Crippen LogP contribution in [0, 0.1) is 13.8 Å². The number of carbonyl (C=O) groups excluding carboxylic acids is 2. The number of imide groups is 1. The number of β-amino-alcohol motifs (C(OH)–C–C–N with tert-alkyl or cyclic N) is 1. The van der Waals surface area contributed by atoms with Gasteiger partial charge in [-0.3, -0.25) is 14.6 Å². The Kier molecular flexibility index (Phi) is 6.48. The molecule has 0 radical (unpaired) electrons. The minimum absolute atomic E-state index is 0.00305. The van der Waals surface area contributed by atoms with Gasteiger partial charge in [0.1, 0.15) is 24.1 Å². The Morgan fingerprint density at radius 2 is 1.81 bits per heavy atom. The van der Waals surface area contributed by atoms with E-state index in [4.69, 9.17) is 9.79 Å². The second-order valence-corrected chi connectivity index (χ2v) is 8.56. The van der Waals surface area contributed by atoms with E-state index in [9.17, 15) is 29.5 Å². The van der Waals surface area contributed by atoms with Crippen LogP contribution in [0.15, 0.2) is 17.1 Å². The summed E-state index contributed by atoms with van der Waals surface area (Å²) in [6.07, 6.45) is -5.34. The molecule has 3 amide bonds. The average Bonchev–Trinajstić information content (AvgIpc) is 2.67. The zero-order valence-corrected chi connectivity index (χ0v) is 17.5. The van der Waals surface area contributed by atoms with Crippen LogP contribution in [0.5, 0.6) is 0 Å². The molecule has 1 aromatic rings. The number of anilines is 2. The van der Waals surface area contributed by atoms with Gasteiger partial charge in [-0.1, -0.05) is 0 Å². The van der Waals surface area contributed by atoms with Crippen LogP contribution >= 0.6 is 7.82 Å². The number of carbonyl (C=O) groups is 2. The van der Waals surface area contributed by atoms with Crippen molar-refractivity contribution in [3.8, 4) is 0 Å². The zero-order valence-electron chi connectivity index (χ0n) is 16.6. The van der Waals surface area contributed by atoms with Crippen molar-refractivity contribution >= 4 is 37.0 Å². The fraction of sp³-hybridized carbons (Fsp3) is 0.471. The highest BCUT2D eigenvalue weighted by Crippen LogP contribution is 2.37. The number of amidine groups is 1. The number of urea groups is 1. The van der Waals surface area contributed by atoms with Gasteiger partial charge in [-0.2, -0.15) is 4.99 Å². The molecule has 2 aliphatic heterocycles. The highest BCUT2D eigenvalue weighted by Gasteiger charge is 2.41. The van der Waals surface area contributed by atoms with Gasteiger partial charge in [-0.15, -0.1) is 0 Å². The molecule has 170 valence electrons. The third-order valence-corrected chi connectivity index (χ3v) is 5.50. The molecular weight excluding hydrogens is 435 g/mol. The van der Waals surface area contributed by atoms with Crippen LogP contribution in [-0.4, -0.2) is 80.4 Å². The Bertz CT molecular complexity index is 979. The van der Waals surface area contributed by atoms with Gasteiger partial charge >= 0.3 is 13.9 Å². The molecule has 0 fully saturated rings. The topological polar surface area (TPSA) is 201 Å². The summed E-state index contributed by atoms with van der Waals surface area (Å²) in [6.45, 7) is 2.39. The number of amides is 3. The number of fused-ring (bicyclic) bond motifs is 2. The maximum atomic E-state index is 12.3. The number of phosphoric acid groups is 1. The Morgan fingerprint density at radius 1 is 1.16 bits per heavy atom. The van der Waals surface area contributed by atoms with E-state index in [0.29, 0.717) is 11.4 Å². The highest BCUT2D eigenvalue weighted by molar-refractivity contribution is 7.46. The van der Waals surface area contributed by atoms with Gasteiger partial charge in [0.25, 0.3) is 5.91 Å². The lowest BCUT2D eigenvalue weighted by molar-refractivity contribution is -0.119. The number of aliphatic imine (C=N–C) groups is 1. The van der Waals surface area contributed by atoms with Crippen LogP contribution < -0.4 is 15.5 Å². The molecule has 1 aromatic carbocycles. The van der Waals surface area contributed by atoms with Gasteiger partial charge < -0.3 is 35.3 Å². The lowest BCUT2D eigenvalue weighted by Gasteiger charge is -2.40. The zero-order chi connectivity index (χ0) is 23.1. The first-order valence-electron chi connectivity index (χ1n) is 9.20. The van der Waals surface area contributed by atoms with Crippen molar-refractivity contribution < 1.29 is 43.8 Å². The van der Waals surface area contributed by atoms with Gasteiger partial charge in [0.15, 0.2) is 6.04 Å². The number of rotatable bonds is 7. The van der Waals surface area contributed by atoms with Crippen LogP contribution in [0.1, 0.15) is 11.1 Å². The van der Waals surface area contributed by atoms with Gasteiger partial charge in [0.2, 0.25) is 0 Å². The number of aliphatic hydroxyl groups is 3. The van der Waals surface area contributed by atoms with E-state index in [1.807, 2.05) is 13.8 Å². The van der Waals surface area contributed by atoms with E-state index in [-0.39, 0.29) is 12.4 Å². The van der Waals surface area contributed by atoms with Gasteiger partial charge in [0.05, 0.1) is 24.5 Å². The third kappa shape index (κ3) is 5.10. The number of aliphatic hydroxyl groups excluding tert-OH is 3. The number of nitrogens with one attached hydrogen (secondary N) is 2. The summed E-state index contributed by atoms with van der Waals surface area (Å²) in [6, 6.07) is 1.61. The first kappa shape index (κ1) is 23.3. The van der Waals surface area contributed by atoms with Crippen molar-refractivity contribution in [1.82, 2.24) is 5.32 Å². The third-order valence-electron chi connectivity index (χ3n) is 5.02. The summed E-state index contributed by atoms with van der Waals surface area (Å²) < 4.78 is 14.9. The maximum absolute atomic E-state index is 12.3. The Labute approximate surface area is 176 Å². The average molecular weight is 458 g/mol. The van der Waals surface area contributed by atoms with Gasteiger partial charge in [-0.25, -0.2) is 9.36 Å². The minimum atomic E-state index is -4.88. The molecule has 3 rings (SSSR count). The number of benzene rings is 1. The van der Waals surface area contributed by atoms with Crippen molar-refractivity contribution in [2.75, 3.05) is 23.4 Å². The number of hydrogen-bond donors (Lipinski definition) is 7. The van der Waals surface area contributed by atoms with E-state index in [2.05, 4.69) is 20.1 Å². The fourth-order valence-electron chi connectivity index (χ4n) is 3.27. The van der Waals surface area contributed by atoms with Crippen molar-refractivity contribution in [3.05, 3.63) is 23.3 Å². The van der Waals surface area contributed by atoms with Crippen LogP contribution in [0.4, 0.5) is 16.2 Å². The molecule has 4 atom stereocenters. The number of nitrogens with zero attached hydrogens (tertiary/aromatic N) is 2. The summed E-state index contributed by atoms with van der Waals surface area (Å²) in [5.41, 5.74) is 2.81. The summed E-state index contributed by atoms with van der Waals surface area (Å²) in [7, 11) is -4.88. The minimum Gasteiger partial charge on any atom is -0.388 e. The van der Waals surface area contributed by atoms with Crippen LogP contribution in [-0.2, 0) is 13.9 Å². The van der Waals surface area contributed by atoms with Crippen molar-refractivity contribution in [1.29, 1.82) is 0 Å².